The van der Waals surface area contributed by atoms with E-state index in [0.29, 0.717) is 5.75 Å². The van der Waals surface area contributed by atoms with Crippen molar-refractivity contribution in [2.24, 2.45) is 0 Å². The number of aromatic hydroxyl groups is 1. The van der Waals surface area contributed by atoms with Crippen LogP contribution >= 0.6 is 15.9 Å². The van der Waals surface area contributed by atoms with Crippen LogP contribution in [0.2, 0.25) is 0 Å². The molecule has 0 aromatic heterocycles. The van der Waals surface area contributed by atoms with Crippen LogP contribution in [0.4, 0.5) is 0 Å². The number of carbonyl (C=O) groups excluding carboxylic acids is 2. The van der Waals surface area contributed by atoms with Crippen LogP contribution in [-0.2, 0) is 4.79 Å². The number of rotatable bonds is 4. The van der Waals surface area contributed by atoms with E-state index in [1.807, 2.05) is 30.3 Å². The Bertz CT molecular complexity index is 975. The average Bonchev–Trinajstić information content (AvgIpc) is 2.64. The fraction of sp³-hybridized carbons (Fsp3) is 0.0526. The van der Waals surface area contributed by atoms with Gasteiger partial charge in [-0.3, -0.25) is 20.4 Å². The molecule has 2 amide bonds. The van der Waals surface area contributed by atoms with Gasteiger partial charge in [0.15, 0.2) is 6.61 Å². The maximum atomic E-state index is 11.9. The topological polar surface area (TPSA) is 87.7 Å². The van der Waals surface area contributed by atoms with Crippen molar-refractivity contribution in [3.63, 3.8) is 0 Å². The molecule has 132 valence electrons. The minimum Gasteiger partial charge on any atom is -0.507 e. The lowest BCUT2D eigenvalue weighted by Gasteiger charge is -2.10. The summed E-state index contributed by atoms with van der Waals surface area (Å²) in [5.41, 5.74) is 4.53. The molecule has 7 heteroatoms. The molecule has 0 radical (unpaired) electrons. The third-order valence-corrected chi connectivity index (χ3v) is 4.10. The molecule has 3 N–H and O–H groups in total. The Morgan fingerprint density at radius 1 is 0.962 bits per heavy atom. The predicted molar refractivity (Wildman–Crippen MR) is 101 cm³/mol. The number of hydrogen-bond acceptors (Lipinski definition) is 4. The van der Waals surface area contributed by atoms with Crippen molar-refractivity contribution >= 4 is 38.5 Å². The van der Waals surface area contributed by atoms with E-state index in [1.54, 1.807) is 18.2 Å². The van der Waals surface area contributed by atoms with Gasteiger partial charge in [-0.1, -0.05) is 40.2 Å². The first-order valence-corrected chi connectivity index (χ1v) is 8.51. The maximum absolute atomic E-state index is 11.9. The molecular formula is C19H15BrN2O4. The molecule has 0 saturated heterocycles. The number of phenols is 1. The van der Waals surface area contributed by atoms with Gasteiger partial charge in [0.25, 0.3) is 11.8 Å². The summed E-state index contributed by atoms with van der Waals surface area (Å²) in [4.78, 5) is 23.7. The number of ether oxygens (including phenoxy) is 1. The Morgan fingerprint density at radius 3 is 2.50 bits per heavy atom. The van der Waals surface area contributed by atoms with Gasteiger partial charge in [0.05, 0.1) is 5.56 Å². The number of fused-ring (bicyclic) bond motifs is 1. The first-order chi connectivity index (χ1) is 12.5. The van der Waals surface area contributed by atoms with Crippen LogP contribution in [0, 0.1) is 0 Å². The zero-order valence-corrected chi connectivity index (χ0v) is 15.1. The number of nitrogens with one attached hydrogen (secondary N) is 2. The Hall–Kier alpha value is -3.06. The van der Waals surface area contributed by atoms with Crippen molar-refractivity contribution in [1.82, 2.24) is 10.9 Å². The number of para-hydroxylation sites is 1. The average molecular weight is 415 g/mol. The third kappa shape index (κ3) is 4.31. The summed E-state index contributed by atoms with van der Waals surface area (Å²) in [6.07, 6.45) is 0. The summed E-state index contributed by atoms with van der Waals surface area (Å²) in [6.45, 7) is -0.261. The molecule has 0 fully saturated rings. The zero-order chi connectivity index (χ0) is 18.5. The highest BCUT2D eigenvalue weighted by molar-refractivity contribution is 9.10. The minimum atomic E-state index is -0.618. The van der Waals surface area contributed by atoms with Crippen LogP contribution in [0.1, 0.15) is 10.4 Å². The Morgan fingerprint density at radius 2 is 1.69 bits per heavy atom. The Labute approximate surface area is 157 Å². The van der Waals surface area contributed by atoms with Crippen molar-refractivity contribution in [2.45, 2.75) is 0 Å². The smallest absolute Gasteiger partial charge is 0.276 e. The van der Waals surface area contributed by atoms with Crippen LogP contribution in [0.15, 0.2) is 65.1 Å². The summed E-state index contributed by atoms with van der Waals surface area (Å²) in [5, 5.41) is 11.6. The van der Waals surface area contributed by atoms with Crippen molar-refractivity contribution in [3.05, 3.63) is 70.7 Å². The van der Waals surface area contributed by atoms with E-state index in [2.05, 4.69) is 26.8 Å². The first-order valence-electron chi connectivity index (χ1n) is 7.72. The molecular weight excluding hydrogens is 400 g/mol. The van der Waals surface area contributed by atoms with Gasteiger partial charge in [0.2, 0.25) is 0 Å². The van der Waals surface area contributed by atoms with E-state index in [1.165, 1.54) is 12.1 Å². The molecule has 0 heterocycles. The van der Waals surface area contributed by atoms with Crippen molar-refractivity contribution < 1.29 is 19.4 Å². The molecule has 0 atom stereocenters. The van der Waals surface area contributed by atoms with Crippen LogP contribution in [0.25, 0.3) is 10.8 Å². The van der Waals surface area contributed by atoms with Crippen molar-refractivity contribution in [2.75, 3.05) is 6.61 Å². The van der Waals surface area contributed by atoms with Crippen LogP contribution < -0.4 is 15.6 Å². The molecule has 3 aromatic rings. The standard InChI is InChI=1S/C19H15BrN2O4/c20-14-7-5-13-10-15(8-6-12(13)9-14)26-11-18(24)21-22-19(25)16-3-1-2-4-17(16)23/h1-10,23H,11H2,(H,21,24)(H,22,25). The molecule has 0 aliphatic carbocycles. The number of hydrazine groups is 1. The van der Waals surface area contributed by atoms with Crippen molar-refractivity contribution in [3.8, 4) is 11.5 Å². The molecule has 0 aliphatic rings. The molecule has 0 aliphatic heterocycles. The number of hydrogen-bond donors (Lipinski definition) is 3. The van der Waals surface area contributed by atoms with E-state index < -0.39 is 11.8 Å². The summed E-state index contributed by atoms with van der Waals surface area (Å²) < 4.78 is 6.43. The SMILES string of the molecule is O=C(COc1ccc2cc(Br)ccc2c1)NNC(=O)c1ccccc1O. The molecule has 6 nitrogen and oxygen atoms in total. The van der Waals surface area contributed by atoms with Gasteiger partial charge in [0.1, 0.15) is 11.5 Å². The number of amides is 2. The normalized spacial score (nSPS) is 10.3. The quantitative estimate of drug-likeness (QED) is 0.572. The summed E-state index contributed by atoms with van der Waals surface area (Å²) in [7, 11) is 0. The second-order valence-electron chi connectivity index (χ2n) is 5.46. The first kappa shape index (κ1) is 17.8. The van der Waals surface area contributed by atoms with E-state index in [0.717, 1.165) is 15.2 Å². The Kier molecular flexibility index (Phi) is 5.38. The molecule has 26 heavy (non-hydrogen) atoms. The fourth-order valence-corrected chi connectivity index (χ4v) is 2.71. The number of carbonyl (C=O) groups is 2. The molecule has 0 spiro atoms. The molecule has 3 aromatic carbocycles. The fourth-order valence-electron chi connectivity index (χ4n) is 2.33. The van der Waals surface area contributed by atoms with Crippen LogP contribution in [0.3, 0.4) is 0 Å². The molecule has 0 unspecified atom stereocenters. The van der Waals surface area contributed by atoms with Gasteiger partial charge in [-0.15, -0.1) is 0 Å². The second-order valence-corrected chi connectivity index (χ2v) is 6.38. The summed E-state index contributed by atoms with van der Waals surface area (Å²) in [5.74, 6) is -0.766. The van der Waals surface area contributed by atoms with Crippen LogP contribution in [0.5, 0.6) is 11.5 Å². The van der Waals surface area contributed by atoms with E-state index in [-0.39, 0.29) is 17.9 Å². The van der Waals surface area contributed by atoms with E-state index >= 15 is 0 Å². The minimum absolute atomic E-state index is 0.0643. The van der Waals surface area contributed by atoms with Crippen molar-refractivity contribution in [1.29, 1.82) is 0 Å². The predicted octanol–water partition coefficient (Wildman–Crippen LogP) is 3.15. The summed E-state index contributed by atoms with van der Waals surface area (Å²) >= 11 is 3.42. The van der Waals surface area contributed by atoms with Gasteiger partial charge in [0, 0.05) is 4.47 Å². The molecule has 0 saturated carbocycles. The van der Waals surface area contributed by atoms with E-state index in [9.17, 15) is 14.7 Å². The Balaban J connectivity index is 1.53. The zero-order valence-electron chi connectivity index (χ0n) is 13.5. The lowest BCUT2D eigenvalue weighted by atomic mass is 10.1. The highest BCUT2D eigenvalue weighted by atomic mass is 79.9. The lowest BCUT2D eigenvalue weighted by Crippen LogP contribution is -2.43. The van der Waals surface area contributed by atoms with Gasteiger partial charge < -0.3 is 9.84 Å². The van der Waals surface area contributed by atoms with Gasteiger partial charge in [-0.05, 0) is 47.2 Å². The summed E-state index contributed by atoms with van der Waals surface area (Å²) in [6, 6.07) is 17.4. The highest BCUT2D eigenvalue weighted by Gasteiger charge is 2.11. The third-order valence-electron chi connectivity index (χ3n) is 3.61. The number of phenolic OH excluding ortho intramolecular Hbond substituents is 1. The van der Waals surface area contributed by atoms with Crippen LogP contribution in [-0.4, -0.2) is 23.5 Å². The van der Waals surface area contributed by atoms with Gasteiger partial charge in [-0.25, -0.2) is 0 Å². The second kappa shape index (κ2) is 7.88. The number of benzene rings is 3. The highest BCUT2D eigenvalue weighted by Crippen LogP contribution is 2.24. The van der Waals surface area contributed by atoms with E-state index in [4.69, 9.17) is 4.74 Å². The van der Waals surface area contributed by atoms with Gasteiger partial charge in [-0.2, -0.15) is 0 Å². The molecule has 3 rings (SSSR count). The number of halogens is 1. The van der Waals surface area contributed by atoms with Gasteiger partial charge >= 0.3 is 0 Å². The lowest BCUT2D eigenvalue weighted by molar-refractivity contribution is -0.123. The monoisotopic (exact) mass is 414 g/mol. The molecule has 0 bridgehead atoms. The maximum Gasteiger partial charge on any atom is 0.276 e. The largest absolute Gasteiger partial charge is 0.507 e.